The minimum absolute atomic E-state index is 0.571. The highest BCUT2D eigenvalue weighted by Gasteiger charge is 2.22. The number of methoxy groups -OCH3 is 1. The molecule has 1 aromatic carbocycles. The fourth-order valence-corrected chi connectivity index (χ4v) is 2.90. The molecule has 0 saturated heterocycles. The van der Waals surface area contributed by atoms with Crippen LogP contribution >= 0.6 is 23.4 Å². The number of nitrogens with zero attached hydrogens (tertiary/aromatic N) is 1. The van der Waals surface area contributed by atoms with Crippen LogP contribution in [0.25, 0.3) is 0 Å². The van der Waals surface area contributed by atoms with Gasteiger partial charge in [-0.25, -0.2) is 0 Å². The Morgan fingerprint density at radius 3 is 2.89 bits per heavy atom. The van der Waals surface area contributed by atoms with Gasteiger partial charge in [-0.05, 0) is 18.1 Å². The first-order valence-corrected chi connectivity index (χ1v) is 7.17. The van der Waals surface area contributed by atoms with Crippen molar-refractivity contribution in [2.75, 3.05) is 19.0 Å². The van der Waals surface area contributed by atoms with Crippen LogP contribution in [0.4, 0.5) is 5.69 Å². The molecule has 0 aliphatic carbocycles. The molecule has 1 aliphatic rings. The van der Waals surface area contributed by atoms with E-state index in [1.165, 1.54) is 0 Å². The summed E-state index contributed by atoms with van der Waals surface area (Å²) in [6.45, 7) is 5.33. The highest BCUT2D eigenvalue weighted by atomic mass is 35.5. The fourth-order valence-electron chi connectivity index (χ4n) is 1.67. The second-order valence-corrected chi connectivity index (χ2v) is 6.16. The first kappa shape index (κ1) is 13.6. The average Bonchev–Trinajstić information content (AvgIpc) is 2.80. The summed E-state index contributed by atoms with van der Waals surface area (Å²) in [7, 11) is 1.61. The molecule has 0 bridgehead atoms. The van der Waals surface area contributed by atoms with Gasteiger partial charge in [-0.2, -0.15) is 0 Å². The molecule has 0 radical (unpaired) electrons. The Kier molecular flexibility index (Phi) is 4.40. The van der Waals surface area contributed by atoms with Crippen molar-refractivity contribution < 1.29 is 4.74 Å². The third-order valence-corrected chi connectivity index (χ3v) is 4.59. The predicted octanol–water partition coefficient (Wildman–Crippen LogP) is 3.89. The summed E-state index contributed by atoms with van der Waals surface area (Å²) in [5.74, 6) is 1.31. The van der Waals surface area contributed by atoms with E-state index >= 15 is 0 Å². The molecule has 18 heavy (non-hydrogen) atoms. The maximum atomic E-state index is 5.99. The number of benzene rings is 1. The zero-order valence-electron chi connectivity index (χ0n) is 10.7. The lowest BCUT2D eigenvalue weighted by molar-refractivity contribution is 0.415. The molecule has 1 atom stereocenters. The smallest absolute Gasteiger partial charge is 0.161 e. The van der Waals surface area contributed by atoms with E-state index in [2.05, 4.69) is 24.2 Å². The Hall–Kier alpha value is -0.870. The second kappa shape index (κ2) is 5.85. The normalized spacial score (nSPS) is 18.9. The average molecular weight is 285 g/mol. The standard InChI is InChI=1S/C13H17ClN2OS/c1-8(2)12-7-15-13(18-12)16-9-4-5-10(14)11(6-9)17-3/h4-6,8,12H,7H2,1-3H3,(H,15,16). The van der Waals surface area contributed by atoms with Crippen molar-refractivity contribution in [2.45, 2.75) is 19.1 Å². The summed E-state index contributed by atoms with van der Waals surface area (Å²) in [6.07, 6.45) is 0. The zero-order chi connectivity index (χ0) is 13.1. The van der Waals surface area contributed by atoms with Crippen molar-refractivity contribution >= 4 is 34.2 Å². The Morgan fingerprint density at radius 1 is 1.50 bits per heavy atom. The number of amidine groups is 1. The predicted molar refractivity (Wildman–Crippen MR) is 80.1 cm³/mol. The molecule has 0 saturated carbocycles. The van der Waals surface area contributed by atoms with E-state index in [0.29, 0.717) is 21.9 Å². The summed E-state index contributed by atoms with van der Waals surface area (Å²) < 4.78 is 5.19. The van der Waals surface area contributed by atoms with E-state index in [1.807, 2.05) is 18.2 Å². The van der Waals surface area contributed by atoms with Crippen LogP contribution < -0.4 is 10.1 Å². The molecular formula is C13H17ClN2OS. The van der Waals surface area contributed by atoms with Gasteiger partial charge in [-0.3, -0.25) is 4.99 Å². The SMILES string of the molecule is COc1cc(NC2=NCC(C(C)C)S2)ccc1Cl. The number of ether oxygens (including phenoxy) is 1. The van der Waals surface area contributed by atoms with Gasteiger partial charge in [-0.1, -0.05) is 37.2 Å². The van der Waals surface area contributed by atoms with Gasteiger partial charge in [0, 0.05) is 17.0 Å². The number of aliphatic imine (C=N–C) groups is 1. The monoisotopic (exact) mass is 284 g/mol. The van der Waals surface area contributed by atoms with Gasteiger partial charge in [0.15, 0.2) is 5.17 Å². The topological polar surface area (TPSA) is 33.6 Å². The highest BCUT2D eigenvalue weighted by Crippen LogP contribution is 2.31. The first-order chi connectivity index (χ1) is 8.60. The van der Waals surface area contributed by atoms with Gasteiger partial charge in [0.2, 0.25) is 0 Å². The van der Waals surface area contributed by atoms with Crippen LogP contribution in [0, 0.1) is 5.92 Å². The minimum atomic E-state index is 0.571. The van der Waals surface area contributed by atoms with Gasteiger partial charge in [0.1, 0.15) is 5.75 Å². The van der Waals surface area contributed by atoms with Gasteiger partial charge < -0.3 is 10.1 Å². The van der Waals surface area contributed by atoms with Crippen LogP contribution in [-0.4, -0.2) is 24.1 Å². The third-order valence-electron chi connectivity index (χ3n) is 2.82. The molecule has 0 fully saturated rings. The van der Waals surface area contributed by atoms with Crippen molar-refractivity contribution in [3.8, 4) is 5.75 Å². The van der Waals surface area contributed by atoms with Crippen LogP contribution in [0.15, 0.2) is 23.2 Å². The molecule has 0 amide bonds. The Morgan fingerprint density at radius 2 is 2.28 bits per heavy atom. The molecule has 1 aromatic rings. The molecule has 0 aromatic heterocycles. The van der Waals surface area contributed by atoms with E-state index in [1.54, 1.807) is 18.9 Å². The summed E-state index contributed by atoms with van der Waals surface area (Å²) >= 11 is 7.79. The minimum Gasteiger partial charge on any atom is -0.495 e. The molecule has 3 nitrogen and oxygen atoms in total. The molecule has 5 heteroatoms. The molecule has 2 rings (SSSR count). The fraction of sp³-hybridized carbons (Fsp3) is 0.462. The lowest BCUT2D eigenvalue weighted by atomic mass is 10.1. The van der Waals surface area contributed by atoms with Crippen LogP contribution in [0.5, 0.6) is 5.75 Å². The third kappa shape index (κ3) is 3.12. The Balaban J connectivity index is 2.03. The van der Waals surface area contributed by atoms with Gasteiger partial charge in [0.25, 0.3) is 0 Å². The van der Waals surface area contributed by atoms with E-state index < -0.39 is 0 Å². The van der Waals surface area contributed by atoms with Crippen molar-refractivity contribution in [3.05, 3.63) is 23.2 Å². The Bertz CT molecular complexity index is 462. The Labute approximate surface area is 117 Å². The van der Waals surface area contributed by atoms with Gasteiger partial charge in [-0.15, -0.1) is 0 Å². The number of hydrogen-bond acceptors (Lipinski definition) is 4. The molecule has 98 valence electrons. The van der Waals surface area contributed by atoms with Crippen LogP contribution in [0.1, 0.15) is 13.8 Å². The quantitative estimate of drug-likeness (QED) is 0.914. The van der Waals surface area contributed by atoms with Crippen molar-refractivity contribution in [2.24, 2.45) is 10.9 Å². The number of rotatable bonds is 3. The highest BCUT2D eigenvalue weighted by molar-refractivity contribution is 8.15. The second-order valence-electron chi connectivity index (χ2n) is 4.52. The first-order valence-electron chi connectivity index (χ1n) is 5.92. The van der Waals surface area contributed by atoms with Crippen molar-refractivity contribution in [3.63, 3.8) is 0 Å². The van der Waals surface area contributed by atoms with E-state index in [4.69, 9.17) is 16.3 Å². The summed E-state index contributed by atoms with van der Waals surface area (Å²) in [5, 5.41) is 5.46. The lowest BCUT2D eigenvalue weighted by Crippen LogP contribution is -2.13. The molecule has 1 N–H and O–H groups in total. The number of thioether (sulfide) groups is 1. The molecule has 1 aliphatic heterocycles. The van der Waals surface area contributed by atoms with Crippen LogP contribution in [0.2, 0.25) is 5.02 Å². The van der Waals surface area contributed by atoms with Gasteiger partial charge >= 0.3 is 0 Å². The number of anilines is 1. The van der Waals surface area contributed by atoms with Crippen LogP contribution in [0.3, 0.4) is 0 Å². The summed E-state index contributed by atoms with van der Waals surface area (Å²) in [4.78, 5) is 4.51. The molecule has 1 unspecified atom stereocenters. The van der Waals surface area contributed by atoms with Crippen molar-refractivity contribution in [1.29, 1.82) is 0 Å². The molecular weight excluding hydrogens is 268 g/mol. The molecule has 0 spiro atoms. The number of halogens is 1. The zero-order valence-corrected chi connectivity index (χ0v) is 12.3. The van der Waals surface area contributed by atoms with E-state index in [-0.39, 0.29) is 0 Å². The summed E-state index contributed by atoms with van der Waals surface area (Å²) in [5.41, 5.74) is 0.951. The van der Waals surface area contributed by atoms with E-state index in [9.17, 15) is 0 Å². The maximum Gasteiger partial charge on any atom is 0.161 e. The maximum absolute atomic E-state index is 5.99. The van der Waals surface area contributed by atoms with Crippen LogP contribution in [-0.2, 0) is 0 Å². The molecule has 1 heterocycles. The lowest BCUT2D eigenvalue weighted by Gasteiger charge is -2.12. The van der Waals surface area contributed by atoms with Gasteiger partial charge in [0.05, 0.1) is 18.7 Å². The van der Waals surface area contributed by atoms with Crippen molar-refractivity contribution in [1.82, 2.24) is 0 Å². The largest absolute Gasteiger partial charge is 0.495 e. The summed E-state index contributed by atoms with van der Waals surface area (Å²) in [6, 6.07) is 5.63. The number of hydrogen-bond donors (Lipinski definition) is 1. The van der Waals surface area contributed by atoms with E-state index in [0.717, 1.165) is 17.4 Å². The number of nitrogens with one attached hydrogen (secondary N) is 1.